The van der Waals surface area contributed by atoms with Crippen molar-refractivity contribution in [3.8, 4) is 5.75 Å². The van der Waals surface area contributed by atoms with Crippen molar-refractivity contribution in [2.45, 2.75) is 169 Å². The van der Waals surface area contributed by atoms with E-state index in [9.17, 15) is 33.6 Å². The number of hydrogen-bond donors (Lipinski definition) is 1. The van der Waals surface area contributed by atoms with Crippen molar-refractivity contribution < 1.29 is 66.9 Å². The highest BCUT2D eigenvalue weighted by Gasteiger charge is 2.68. The maximum absolute atomic E-state index is 13.9. The van der Waals surface area contributed by atoms with Crippen molar-refractivity contribution in [2.24, 2.45) is 17.3 Å². The minimum atomic E-state index is -1.49. The van der Waals surface area contributed by atoms with Crippen LogP contribution >= 0.6 is 0 Å². The Kier molecular flexibility index (Phi) is 14.7. The van der Waals surface area contributed by atoms with Crippen molar-refractivity contribution in [2.75, 3.05) is 7.11 Å². The molecular formula is C55H69BN2O14. The van der Waals surface area contributed by atoms with E-state index in [1.54, 1.807) is 82.8 Å². The predicted octanol–water partition coefficient (Wildman–Crippen LogP) is 9.59. The van der Waals surface area contributed by atoms with E-state index in [0.717, 1.165) is 35.1 Å². The Morgan fingerprint density at radius 2 is 1.22 bits per heavy atom. The van der Waals surface area contributed by atoms with Gasteiger partial charge >= 0.3 is 31.2 Å². The number of ketones is 3. The lowest BCUT2D eigenvalue weighted by atomic mass is 9.43. The Morgan fingerprint density at radius 1 is 0.708 bits per heavy atom. The molecule has 0 spiro atoms. The standard InChI is InChI=1S/C40H52BNO9.C15H17NO5/c1-37(2,3)48-35(45)29-13-11-12-24(34(29)47-10)17-28(41-50-32-19-27-18-31(39(27,7)8)40(32,9)51-41)20-30(43)33(44)23-14-15-25-21-42(22-26(25)16-23)36(46)49-38(4,5)6;1-15(2,3)21-14(20)16-7-10-5-4-9(6-11(10)8-16)12(17)13(18)19/h11-16,27-28,31-32H,17-22H2,1-10H3;4-6H,7-8H2,1-3H3,(H,18,19)/t27-,28+,31-,32?,40-;/m0./s1. The molecule has 0 radical (unpaired) electrons. The molecule has 1 unspecified atom stereocenters. The van der Waals surface area contributed by atoms with Gasteiger partial charge in [0.2, 0.25) is 11.6 Å². The van der Waals surface area contributed by atoms with Crippen LogP contribution in [0.2, 0.25) is 5.82 Å². The Labute approximate surface area is 422 Å². The van der Waals surface area contributed by atoms with Crippen LogP contribution in [0.3, 0.4) is 0 Å². The summed E-state index contributed by atoms with van der Waals surface area (Å²) in [5, 5.41) is 8.72. The van der Waals surface area contributed by atoms with Crippen LogP contribution in [-0.4, -0.2) is 99.1 Å². The highest BCUT2D eigenvalue weighted by atomic mass is 16.7. The van der Waals surface area contributed by atoms with Crippen LogP contribution in [0.5, 0.6) is 5.75 Å². The summed E-state index contributed by atoms with van der Waals surface area (Å²) in [6, 6.07) is 15.1. The first-order valence-corrected chi connectivity index (χ1v) is 24.6. The van der Waals surface area contributed by atoms with Crippen molar-refractivity contribution in [1.82, 2.24) is 9.80 Å². The SMILES string of the molecule is CC(C)(C)OC(=O)N1Cc2ccc(C(=O)C(=O)O)cc2C1.COc1c(C[C@H](CC(=O)C(=O)c2ccc3c(c2)CN(C(=O)OC(C)(C)C)C3)B2OC3C[C@@H]4C[C@@H](C4(C)C)[C@]3(C)O2)cccc1C(=O)OC(C)(C)C. The molecule has 3 aromatic carbocycles. The van der Waals surface area contributed by atoms with E-state index in [0.29, 0.717) is 42.8 Å². The molecule has 0 aromatic heterocycles. The van der Waals surface area contributed by atoms with E-state index in [1.807, 2.05) is 26.8 Å². The summed E-state index contributed by atoms with van der Waals surface area (Å²) < 4.78 is 35.8. The average molecular weight is 993 g/mol. The molecule has 386 valence electrons. The molecule has 6 aliphatic rings. The zero-order chi connectivity index (χ0) is 53.0. The molecule has 17 heteroatoms. The number of para-hydroxylation sites is 1. The third kappa shape index (κ3) is 11.6. The molecule has 5 atom stereocenters. The van der Waals surface area contributed by atoms with Crippen LogP contribution in [0.25, 0.3) is 0 Å². The van der Waals surface area contributed by atoms with E-state index in [-0.39, 0.29) is 47.6 Å². The van der Waals surface area contributed by atoms with Gasteiger partial charge in [-0.3, -0.25) is 24.2 Å². The fourth-order valence-electron chi connectivity index (χ4n) is 10.7. The number of esters is 1. The zero-order valence-electron chi connectivity index (χ0n) is 43.9. The molecule has 9 rings (SSSR count). The van der Waals surface area contributed by atoms with E-state index in [1.165, 1.54) is 24.1 Å². The number of Topliss-reactive ketones (excluding diaryl/α,β-unsaturated/α-hetero) is 3. The molecule has 4 fully saturated rings. The highest BCUT2D eigenvalue weighted by Crippen LogP contribution is 2.66. The number of aliphatic carboxylic acids is 1. The maximum Gasteiger partial charge on any atom is 0.461 e. The summed E-state index contributed by atoms with van der Waals surface area (Å²) in [4.78, 5) is 90.9. The van der Waals surface area contributed by atoms with Crippen LogP contribution in [-0.2, 0) is 65.7 Å². The molecule has 2 bridgehead atoms. The number of hydrogen-bond acceptors (Lipinski definition) is 13. The highest BCUT2D eigenvalue weighted by molar-refractivity contribution is 6.50. The number of nitrogens with zero attached hydrogens (tertiary/aromatic N) is 2. The number of carboxylic acids is 1. The van der Waals surface area contributed by atoms with Crippen LogP contribution in [0.4, 0.5) is 9.59 Å². The Bertz CT molecular complexity index is 2680. The first kappa shape index (κ1) is 53.7. The van der Waals surface area contributed by atoms with Gasteiger partial charge in [0.05, 0.1) is 18.8 Å². The fourth-order valence-corrected chi connectivity index (χ4v) is 10.7. The predicted molar refractivity (Wildman–Crippen MR) is 265 cm³/mol. The van der Waals surface area contributed by atoms with Gasteiger partial charge in [0.15, 0.2) is 0 Å². The Hall–Kier alpha value is -6.07. The molecule has 16 nitrogen and oxygen atoms in total. The van der Waals surface area contributed by atoms with Gasteiger partial charge < -0.3 is 33.4 Å². The first-order valence-electron chi connectivity index (χ1n) is 24.6. The monoisotopic (exact) mass is 992 g/mol. The molecule has 3 saturated carbocycles. The fraction of sp³-hybridized carbons (Fsp3) is 0.545. The number of ether oxygens (including phenoxy) is 4. The first-order chi connectivity index (χ1) is 33.4. The van der Waals surface area contributed by atoms with Gasteiger partial charge in [-0.25, -0.2) is 19.2 Å². The van der Waals surface area contributed by atoms with E-state index >= 15 is 0 Å². The summed E-state index contributed by atoms with van der Waals surface area (Å²) in [6.45, 7) is 24.3. The van der Waals surface area contributed by atoms with Gasteiger partial charge in [-0.2, -0.15) is 0 Å². The van der Waals surface area contributed by atoms with Crippen LogP contribution in [0.15, 0.2) is 54.6 Å². The number of rotatable bonds is 11. The maximum atomic E-state index is 13.9. The minimum Gasteiger partial charge on any atom is -0.496 e. The van der Waals surface area contributed by atoms with Gasteiger partial charge in [-0.15, -0.1) is 0 Å². The van der Waals surface area contributed by atoms with E-state index in [2.05, 4.69) is 20.8 Å². The second kappa shape index (κ2) is 19.7. The number of carboxylic acid groups (broad SMARTS) is 1. The third-order valence-corrected chi connectivity index (χ3v) is 14.3. The van der Waals surface area contributed by atoms with Crippen molar-refractivity contribution in [3.05, 3.63) is 99.1 Å². The van der Waals surface area contributed by atoms with Crippen molar-refractivity contribution >= 4 is 48.6 Å². The number of methoxy groups -OCH3 is 1. The molecule has 3 heterocycles. The second-order valence-corrected chi connectivity index (χ2v) is 23.5. The van der Waals surface area contributed by atoms with E-state index in [4.69, 9.17) is 33.4 Å². The molecule has 1 saturated heterocycles. The normalized spacial score (nSPS) is 22.0. The zero-order valence-corrected chi connectivity index (χ0v) is 43.9. The molecular weight excluding hydrogens is 923 g/mol. The minimum absolute atomic E-state index is 0.118. The largest absolute Gasteiger partial charge is 0.496 e. The van der Waals surface area contributed by atoms with Crippen molar-refractivity contribution in [1.29, 1.82) is 0 Å². The Balaban J connectivity index is 0.000000302. The van der Waals surface area contributed by atoms with Crippen LogP contribution < -0.4 is 4.74 Å². The number of carbonyl (C=O) groups excluding carboxylic acids is 6. The lowest BCUT2D eigenvalue weighted by molar-refractivity contribution is -0.199. The van der Waals surface area contributed by atoms with Crippen LogP contribution in [0, 0.1) is 17.3 Å². The number of benzene rings is 3. The summed E-state index contributed by atoms with van der Waals surface area (Å²) >= 11 is 0. The topological polar surface area (TPSA) is 202 Å². The smallest absolute Gasteiger partial charge is 0.461 e. The molecule has 2 amide bonds. The summed E-state index contributed by atoms with van der Waals surface area (Å²) in [6.07, 6.45) is 1.11. The number of fused-ring (bicyclic) bond motifs is 2. The Morgan fingerprint density at radius 3 is 1.71 bits per heavy atom. The average Bonchev–Trinajstić information content (AvgIpc) is 4.01. The van der Waals surface area contributed by atoms with Gasteiger partial charge in [-0.05, 0) is 152 Å². The lowest BCUT2D eigenvalue weighted by Gasteiger charge is -2.64. The third-order valence-electron chi connectivity index (χ3n) is 14.3. The van der Waals surface area contributed by atoms with E-state index < -0.39 is 76.8 Å². The second-order valence-electron chi connectivity index (χ2n) is 23.5. The number of amides is 2. The summed E-state index contributed by atoms with van der Waals surface area (Å²) in [7, 11) is 0.756. The van der Waals surface area contributed by atoms with Gasteiger partial charge in [0, 0.05) is 49.5 Å². The molecule has 1 N–H and O–H groups in total. The van der Waals surface area contributed by atoms with Gasteiger partial charge in [0.25, 0.3) is 5.78 Å². The molecule has 72 heavy (non-hydrogen) atoms. The number of carbonyl (C=O) groups is 7. The molecule has 3 aliphatic heterocycles. The molecule has 3 aliphatic carbocycles. The van der Waals surface area contributed by atoms with Gasteiger partial charge in [0.1, 0.15) is 28.1 Å². The van der Waals surface area contributed by atoms with Gasteiger partial charge in [-0.1, -0.05) is 50.2 Å². The van der Waals surface area contributed by atoms with Crippen molar-refractivity contribution in [3.63, 3.8) is 0 Å². The summed E-state index contributed by atoms with van der Waals surface area (Å²) in [5.41, 5.74) is 2.43. The quantitative estimate of drug-likeness (QED) is 0.0625. The summed E-state index contributed by atoms with van der Waals surface area (Å²) in [5.74, 6) is -3.48. The molecule has 3 aromatic rings. The lowest BCUT2D eigenvalue weighted by Crippen LogP contribution is -2.65. The van der Waals surface area contributed by atoms with Crippen LogP contribution in [0.1, 0.15) is 161 Å².